The van der Waals surface area contributed by atoms with Crippen molar-refractivity contribution in [1.29, 1.82) is 0 Å². The van der Waals surface area contributed by atoms with Gasteiger partial charge in [0.1, 0.15) is 0 Å². The molecular formula is C16H31NO4. The number of hydrogen-bond donors (Lipinski definition) is 1. The van der Waals surface area contributed by atoms with Crippen LogP contribution in [-0.2, 0) is 9.59 Å². The molecule has 0 spiro atoms. The highest BCUT2D eigenvalue weighted by Crippen LogP contribution is 2.12. The fraction of sp³-hybridized carbons (Fsp3) is 0.750. The summed E-state index contributed by atoms with van der Waals surface area (Å²) in [6.45, 7) is 14.8. The van der Waals surface area contributed by atoms with E-state index in [1.165, 1.54) is 56.3 Å². The first-order chi connectivity index (χ1) is 9.87. The van der Waals surface area contributed by atoms with Crippen LogP contribution >= 0.6 is 0 Å². The van der Waals surface area contributed by atoms with Gasteiger partial charge in [-0.3, -0.25) is 0 Å². The van der Waals surface area contributed by atoms with E-state index in [0.29, 0.717) is 12.2 Å². The van der Waals surface area contributed by atoms with Gasteiger partial charge in [0.25, 0.3) is 0 Å². The van der Waals surface area contributed by atoms with Gasteiger partial charge >= 0.3 is 5.97 Å². The van der Waals surface area contributed by atoms with Gasteiger partial charge in [0.15, 0.2) is 0 Å². The van der Waals surface area contributed by atoms with Gasteiger partial charge in [-0.15, -0.1) is 0 Å². The summed E-state index contributed by atoms with van der Waals surface area (Å²) in [4.78, 5) is 19.0. The molecule has 0 saturated heterocycles. The smallest absolute Gasteiger partial charge is 0.328 e. The quantitative estimate of drug-likeness (QED) is 0.493. The molecule has 5 nitrogen and oxygen atoms in total. The Morgan fingerprint density at radius 2 is 1.19 bits per heavy atom. The molecule has 21 heavy (non-hydrogen) atoms. The number of carbonyl (C=O) groups excluding carboxylic acids is 1. The Morgan fingerprint density at radius 3 is 1.33 bits per heavy atom. The molecule has 124 valence electrons. The SMILES string of the molecule is CCC[N+](CCC)(CCC)CCC.O=C([O-])/C=C\C(=O)O. The second kappa shape index (κ2) is 13.6. The number of nitrogens with zero attached hydrogens (tertiary/aromatic N) is 1. The molecule has 0 heterocycles. The van der Waals surface area contributed by atoms with Gasteiger partial charge in [0.2, 0.25) is 0 Å². The third-order valence-electron chi connectivity index (χ3n) is 3.15. The maximum atomic E-state index is 9.53. The van der Waals surface area contributed by atoms with Crippen molar-refractivity contribution in [2.45, 2.75) is 53.4 Å². The summed E-state index contributed by atoms with van der Waals surface area (Å²) in [6, 6.07) is 0. The van der Waals surface area contributed by atoms with Gasteiger partial charge in [-0.25, -0.2) is 4.79 Å². The molecule has 0 amide bonds. The zero-order valence-corrected chi connectivity index (χ0v) is 13.9. The number of aliphatic carboxylic acids is 2. The summed E-state index contributed by atoms with van der Waals surface area (Å²) in [7, 11) is 0. The van der Waals surface area contributed by atoms with Gasteiger partial charge in [0, 0.05) is 6.08 Å². The van der Waals surface area contributed by atoms with E-state index in [-0.39, 0.29) is 0 Å². The zero-order valence-electron chi connectivity index (χ0n) is 13.9. The topological polar surface area (TPSA) is 77.4 Å². The lowest BCUT2D eigenvalue weighted by molar-refractivity contribution is -0.928. The first-order valence-corrected chi connectivity index (χ1v) is 7.84. The minimum Gasteiger partial charge on any atom is -0.545 e. The van der Waals surface area contributed by atoms with Crippen LogP contribution in [-0.4, -0.2) is 47.7 Å². The Labute approximate surface area is 128 Å². The third kappa shape index (κ3) is 13.4. The predicted octanol–water partition coefficient (Wildman–Crippen LogP) is 1.82. The molecule has 0 fully saturated rings. The van der Waals surface area contributed by atoms with Crippen molar-refractivity contribution in [2.24, 2.45) is 0 Å². The molecule has 0 aliphatic carbocycles. The number of carboxylic acid groups (broad SMARTS) is 2. The van der Waals surface area contributed by atoms with Gasteiger partial charge in [0.05, 0.1) is 32.1 Å². The first-order valence-electron chi connectivity index (χ1n) is 7.84. The minimum atomic E-state index is -1.51. The number of carboxylic acids is 2. The lowest BCUT2D eigenvalue weighted by Crippen LogP contribution is -2.50. The van der Waals surface area contributed by atoms with E-state index in [1.807, 2.05) is 0 Å². The molecule has 5 heteroatoms. The van der Waals surface area contributed by atoms with Crippen molar-refractivity contribution in [3.05, 3.63) is 12.2 Å². The second-order valence-electron chi connectivity index (χ2n) is 5.23. The lowest BCUT2D eigenvalue weighted by atomic mass is 10.2. The molecule has 0 radical (unpaired) electrons. The zero-order chi connectivity index (χ0) is 16.7. The lowest BCUT2D eigenvalue weighted by Gasteiger charge is -2.38. The van der Waals surface area contributed by atoms with Crippen LogP contribution in [0.25, 0.3) is 0 Å². The Balaban J connectivity index is 0. The molecule has 0 saturated carbocycles. The molecule has 0 aromatic carbocycles. The van der Waals surface area contributed by atoms with E-state index in [0.717, 1.165) is 0 Å². The predicted molar refractivity (Wildman–Crippen MR) is 82.7 cm³/mol. The van der Waals surface area contributed by atoms with E-state index in [9.17, 15) is 14.7 Å². The van der Waals surface area contributed by atoms with E-state index in [2.05, 4.69) is 27.7 Å². The summed E-state index contributed by atoms with van der Waals surface area (Å²) in [6.07, 6.45) is 6.28. The molecular weight excluding hydrogens is 270 g/mol. The Morgan fingerprint density at radius 1 is 0.857 bits per heavy atom. The molecule has 0 aliphatic rings. The molecule has 0 bridgehead atoms. The number of rotatable bonds is 10. The number of carbonyl (C=O) groups is 2. The van der Waals surface area contributed by atoms with Gasteiger partial charge in [-0.1, -0.05) is 27.7 Å². The van der Waals surface area contributed by atoms with Crippen molar-refractivity contribution in [1.82, 2.24) is 0 Å². The van der Waals surface area contributed by atoms with Crippen LogP contribution in [0, 0.1) is 0 Å². The van der Waals surface area contributed by atoms with Crippen LogP contribution in [0.4, 0.5) is 0 Å². The van der Waals surface area contributed by atoms with Crippen molar-refractivity contribution in [2.75, 3.05) is 26.2 Å². The Hall–Kier alpha value is -1.36. The minimum absolute atomic E-state index is 0.447. The van der Waals surface area contributed by atoms with Crippen molar-refractivity contribution in [3.63, 3.8) is 0 Å². The van der Waals surface area contributed by atoms with Crippen LogP contribution in [0.3, 0.4) is 0 Å². The highest BCUT2D eigenvalue weighted by molar-refractivity contribution is 5.88. The van der Waals surface area contributed by atoms with Crippen molar-refractivity contribution in [3.8, 4) is 0 Å². The molecule has 0 aromatic rings. The Kier molecular flexibility index (Phi) is 14.2. The largest absolute Gasteiger partial charge is 0.545 e. The van der Waals surface area contributed by atoms with Gasteiger partial charge < -0.3 is 19.5 Å². The first kappa shape index (κ1) is 21.9. The van der Waals surface area contributed by atoms with E-state index in [1.54, 1.807) is 0 Å². The standard InChI is InChI=1S/C12H28N.C4H4O4/c1-5-9-13(10-6-2,11-7-3)12-8-4;5-3(6)1-2-4(7)8/h5-12H2,1-4H3;1-2H,(H,5,6)(H,7,8)/q+1;/p-1/b;2-1-. The highest BCUT2D eigenvalue weighted by atomic mass is 16.4. The van der Waals surface area contributed by atoms with Crippen LogP contribution in [0.2, 0.25) is 0 Å². The molecule has 0 aliphatic heterocycles. The molecule has 0 rings (SSSR count). The molecule has 1 N–H and O–H groups in total. The third-order valence-corrected chi connectivity index (χ3v) is 3.15. The van der Waals surface area contributed by atoms with E-state index in [4.69, 9.17) is 5.11 Å². The monoisotopic (exact) mass is 301 g/mol. The van der Waals surface area contributed by atoms with Crippen molar-refractivity contribution >= 4 is 11.9 Å². The maximum absolute atomic E-state index is 9.53. The molecule has 0 aromatic heterocycles. The summed E-state index contributed by atoms with van der Waals surface area (Å²) in [5.74, 6) is -2.80. The molecule has 0 unspecified atom stereocenters. The summed E-state index contributed by atoms with van der Waals surface area (Å²) in [5.41, 5.74) is 0. The fourth-order valence-corrected chi connectivity index (χ4v) is 2.71. The second-order valence-corrected chi connectivity index (χ2v) is 5.23. The summed E-state index contributed by atoms with van der Waals surface area (Å²) < 4.78 is 1.38. The number of quaternary nitrogens is 1. The van der Waals surface area contributed by atoms with Gasteiger partial charge in [-0.05, 0) is 31.8 Å². The highest BCUT2D eigenvalue weighted by Gasteiger charge is 2.22. The van der Waals surface area contributed by atoms with E-state index >= 15 is 0 Å². The van der Waals surface area contributed by atoms with Crippen LogP contribution in [0.5, 0.6) is 0 Å². The van der Waals surface area contributed by atoms with Crippen LogP contribution < -0.4 is 5.11 Å². The fourth-order valence-electron chi connectivity index (χ4n) is 2.71. The molecule has 0 atom stereocenters. The average molecular weight is 301 g/mol. The maximum Gasteiger partial charge on any atom is 0.328 e. The van der Waals surface area contributed by atoms with Gasteiger partial charge in [-0.2, -0.15) is 0 Å². The summed E-state index contributed by atoms with van der Waals surface area (Å²) >= 11 is 0. The Bertz CT molecular complexity index is 268. The van der Waals surface area contributed by atoms with Crippen molar-refractivity contribution < 1.29 is 24.3 Å². The number of hydrogen-bond acceptors (Lipinski definition) is 3. The normalized spacial score (nSPS) is 11.0. The average Bonchev–Trinajstić information content (AvgIpc) is 2.38. The van der Waals surface area contributed by atoms with Crippen LogP contribution in [0.1, 0.15) is 53.4 Å². The van der Waals surface area contributed by atoms with E-state index < -0.39 is 11.9 Å². The van der Waals surface area contributed by atoms with Crippen LogP contribution in [0.15, 0.2) is 12.2 Å². The summed E-state index contributed by atoms with van der Waals surface area (Å²) in [5, 5.41) is 17.2.